The Kier molecular flexibility index (Phi) is 6.40. The van der Waals surface area contributed by atoms with E-state index in [9.17, 15) is 0 Å². The number of hydrogen-bond acceptors (Lipinski definition) is 4. The molecule has 0 spiro atoms. The third kappa shape index (κ3) is 4.52. The van der Waals surface area contributed by atoms with Gasteiger partial charge in [0.05, 0.1) is 29.2 Å². The largest absolute Gasteiger partial charge is 0.490 e. The number of hydrogen-bond donors (Lipinski definition) is 0. The predicted octanol–water partition coefficient (Wildman–Crippen LogP) is 5.75. The van der Waals surface area contributed by atoms with Crippen molar-refractivity contribution in [1.82, 2.24) is 9.55 Å². The molecule has 30 heavy (non-hydrogen) atoms. The summed E-state index contributed by atoms with van der Waals surface area (Å²) in [5.74, 6) is 2.94. The zero-order chi connectivity index (χ0) is 20.8. The van der Waals surface area contributed by atoms with Crippen LogP contribution in [0.1, 0.15) is 12.7 Å². The second kappa shape index (κ2) is 9.55. The fraction of sp³-hybridized carbons (Fsp3) is 0.208. The van der Waals surface area contributed by atoms with Gasteiger partial charge in [-0.05, 0) is 43.3 Å². The molecule has 0 bridgehead atoms. The summed E-state index contributed by atoms with van der Waals surface area (Å²) in [7, 11) is 0. The first-order valence-electron chi connectivity index (χ1n) is 9.92. The molecule has 0 aliphatic carbocycles. The van der Waals surface area contributed by atoms with Gasteiger partial charge in [-0.15, -0.1) is 0 Å². The van der Waals surface area contributed by atoms with Crippen molar-refractivity contribution < 1.29 is 14.2 Å². The number of nitrogens with zero attached hydrogens (tertiary/aromatic N) is 2. The van der Waals surface area contributed by atoms with E-state index in [0.29, 0.717) is 37.1 Å². The van der Waals surface area contributed by atoms with Gasteiger partial charge in [-0.2, -0.15) is 0 Å². The highest BCUT2D eigenvalue weighted by Gasteiger charge is 2.12. The van der Waals surface area contributed by atoms with E-state index >= 15 is 0 Å². The third-order valence-electron chi connectivity index (χ3n) is 4.65. The highest BCUT2D eigenvalue weighted by Crippen LogP contribution is 2.27. The van der Waals surface area contributed by atoms with Crippen LogP contribution in [0, 0.1) is 0 Å². The second-order valence-electron chi connectivity index (χ2n) is 6.62. The van der Waals surface area contributed by atoms with Crippen LogP contribution in [0.15, 0.2) is 72.8 Å². The number of rotatable bonds is 9. The monoisotopic (exact) mass is 422 g/mol. The Hall–Kier alpha value is -3.18. The predicted molar refractivity (Wildman–Crippen MR) is 119 cm³/mol. The molecule has 0 atom stereocenters. The van der Waals surface area contributed by atoms with Crippen molar-refractivity contribution in [3.63, 3.8) is 0 Å². The van der Waals surface area contributed by atoms with Crippen molar-refractivity contribution in [2.24, 2.45) is 0 Å². The molecule has 154 valence electrons. The average Bonchev–Trinajstić information content (AvgIpc) is 3.12. The number of fused-ring (bicyclic) bond motifs is 1. The molecule has 0 radical (unpaired) electrons. The number of halogens is 1. The van der Waals surface area contributed by atoms with E-state index in [2.05, 4.69) is 10.6 Å². The summed E-state index contributed by atoms with van der Waals surface area (Å²) in [5.41, 5.74) is 1.96. The molecule has 4 aromatic rings. The summed E-state index contributed by atoms with van der Waals surface area (Å²) in [4.78, 5) is 4.74. The van der Waals surface area contributed by atoms with Gasteiger partial charge in [0.25, 0.3) is 0 Å². The second-order valence-corrected chi connectivity index (χ2v) is 7.02. The van der Waals surface area contributed by atoms with E-state index in [1.807, 2.05) is 73.7 Å². The van der Waals surface area contributed by atoms with Gasteiger partial charge in [-0.3, -0.25) is 0 Å². The fourth-order valence-electron chi connectivity index (χ4n) is 3.28. The molecule has 0 fully saturated rings. The maximum Gasteiger partial charge on any atom is 0.161 e. The van der Waals surface area contributed by atoms with Gasteiger partial charge in [-0.25, -0.2) is 4.98 Å². The van der Waals surface area contributed by atoms with Crippen LogP contribution in [0.3, 0.4) is 0 Å². The van der Waals surface area contributed by atoms with Crippen molar-refractivity contribution in [3.8, 4) is 17.2 Å². The van der Waals surface area contributed by atoms with Crippen molar-refractivity contribution in [2.75, 3.05) is 13.2 Å². The Balaban J connectivity index is 1.51. The summed E-state index contributed by atoms with van der Waals surface area (Å²) in [6, 6.07) is 23.2. The minimum Gasteiger partial charge on any atom is -0.490 e. The lowest BCUT2D eigenvalue weighted by Gasteiger charge is -2.14. The van der Waals surface area contributed by atoms with E-state index in [0.717, 1.165) is 28.4 Å². The number of benzene rings is 3. The van der Waals surface area contributed by atoms with E-state index < -0.39 is 0 Å². The molecule has 4 rings (SSSR count). The topological polar surface area (TPSA) is 45.5 Å². The third-order valence-corrected chi connectivity index (χ3v) is 4.96. The van der Waals surface area contributed by atoms with Crippen LogP contribution < -0.4 is 14.2 Å². The molecular formula is C24H23ClN2O3. The maximum atomic E-state index is 6.22. The first-order chi connectivity index (χ1) is 14.8. The van der Waals surface area contributed by atoms with E-state index in [1.165, 1.54) is 0 Å². The standard InChI is InChI=1S/C24H23ClN2O3/c1-2-28-22-13-7-8-14-23(22)29-16-15-27-20-11-5-4-10-19(20)26-24(27)17-30-21-12-6-3-9-18(21)25/h3-14H,2,15-17H2,1H3. The molecule has 0 aliphatic rings. The first kappa shape index (κ1) is 20.1. The van der Waals surface area contributed by atoms with Crippen LogP contribution in [0.2, 0.25) is 5.02 Å². The van der Waals surface area contributed by atoms with Gasteiger partial charge in [0.2, 0.25) is 0 Å². The molecule has 1 aromatic heterocycles. The molecule has 0 aliphatic heterocycles. The van der Waals surface area contributed by atoms with Gasteiger partial charge in [0, 0.05) is 0 Å². The molecule has 0 saturated carbocycles. The zero-order valence-electron chi connectivity index (χ0n) is 16.8. The smallest absolute Gasteiger partial charge is 0.161 e. The summed E-state index contributed by atoms with van der Waals surface area (Å²) in [6.45, 7) is 3.97. The molecule has 0 saturated heterocycles. The van der Waals surface area contributed by atoms with Crippen LogP contribution in [-0.2, 0) is 13.2 Å². The maximum absolute atomic E-state index is 6.22. The van der Waals surface area contributed by atoms with Crippen LogP contribution in [0.5, 0.6) is 17.2 Å². The number of para-hydroxylation sites is 5. The summed E-state index contributed by atoms with van der Waals surface area (Å²) < 4.78 is 19.7. The molecule has 1 heterocycles. The number of ether oxygens (including phenoxy) is 3. The van der Waals surface area contributed by atoms with Crippen molar-refractivity contribution >= 4 is 22.6 Å². The lowest BCUT2D eigenvalue weighted by Crippen LogP contribution is -2.13. The molecule has 5 nitrogen and oxygen atoms in total. The fourth-order valence-corrected chi connectivity index (χ4v) is 3.47. The minimum absolute atomic E-state index is 0.313. The molecular weight excluding hydrogens is 400 g/mol. The Morgan fingerprint density at radius 3 is 2.23 bits per heavy atom. The van der Waals surface area contributed by atoms with Crippen LogP contribution in [-0.4, -0.2) is 22.8 Å². The lowest BCUT2D eigenvalue weighted by atomic mass is 10.3. The minimum atomic E-state index is 0.313. The molecule has 0 N–H and O–H groups in total. The van der Waals surface area contributed by atoms with Crippen molar-refractivity contribution in [1.29, 1.82) is 0 Å². The molecule has 6 heteroatoms. The molecule has 3 aromatic carbocycles. The van der Waals surface area contributed by atoms with Gasteiger partial charge in [0.15, 0.2) is 11.5 Å². The van der Waals surface area contributed by atoms with Gasteiger partial charge in [-0.1, -0.05) is 48.0 Å². The average molecular weight is 423 g/mol. The normalized spacial score (nSPS) is 10.9. The Morgan fingerprint density at radius 1 is 0.800 bits per heavy atom. The Morgan fingerprint density at radius 2 is 1.47 bits per heavy atom. The zero-order valence-corrected chi connectivity index (χ0v) is 17.5. The van der Waals surface area contributed by atoms with Crippen LogP contribution >= 0.6 is 11.6 Å². The van der Waals surface area contributed by atoms with Crippen molar-refractivity contribution in [3.05, 3.63) is 83.6 Å². The van der Waals surface area contributed by atoms with Crippen LogP contribution in [0.4, 0.5) is 0 Å². The Labute approximate surface area is 180 Å². The van der Waals surface area contributed by atoms with Crippen molar-refractivity contribution in [2.45, 2.75) is 20.1 Å². The van der Waals surface area contributed by atoms with E-state index in [-0.39, 0.29) is 0 Å². The molecule has 0 amide bonds. The highest BCUT2D eigenvalue weighted by atomic mass is 35.5. The van der Waals surface area contributed by atoms with Gasteiger partial charge in [0.1, 0.15) is 24.8 Å². The summed E-state index contributed by atoms with van der Waals surface area (Å²) in [5, 5.41) is 0.580. The summed E-state index contributed by atoms with van der Waals surface area (Å²) >= 11 is 6.22. The first-order valence-corrected chi connectivity index (χ1v) is 10.3. The lowest BCUT2D eigenvalue weighted by molar-refractivity contribution is 0.257. The SMILES string of the molecule is CCOc1ccccc1OCCn1c(COc2ccccc2Cl)nc2ccccc21. The van der Waals surface area contributed by atoms with Gasteiger partial charge >= 0.3 is 0 Å². The number of imidazole rings is 1. The summed E-state index contributed by atoms with van der Waals surface area (Å²) in [6.07, 6.45) is 0. The van der Waals surface area contributed by atoms with E-state index in [1.54, 1.807) is 0 Å². The number of aromatic nitrogens is 2. The molecule has 0 unspecified atom stereocenters. The van der Waals surface area contributed by atoms with E-state index in [4.69, 9.17) is 30.8 Å². The Bertz CT molecular complexity index is 1130. The van der Waals surface area contributed by atoms with Gasteiger partial charge < -0.3 is 18.8 Å². The highest BCUT2D eigenvalue weighted by molar-refractivity contribution is 6.32. The van der Waals surface area contributed by atoms with Crippen LogP contribution in [0.25, 0.3) is 11.0 Å². The quantitative estimate of drug-likeness (QED) is 0.344.